The van der Waals surface area contributed by atoms with Gasteiger partial charge in [-0.3, -0.25) is 4.79 Å². The van der Waals surface area contributed by atoms with Crippen molar-refractivity contribution in [2.45, 2.75) is 50.2 Å². The summed E-state index contributed by atoms with van der Waals surface area (Å²) in [6, 6.07) is 8.71. The first-order valence-corrected chi connectivity index (χ1v) is 8.86. The average Bonchev–Trinajstić information content (AvgIpc) is 3.33. The van der Waals surface area contributed by atoms with Crippen molar-refractivity contribution < 1.29 is 4.79 Å². The van der Waals surface area contributed by atoms with Gasteiger partial charge in [-0.05, 0) is 50.3 Å². The van der Waals surface area contributed by atoms with Crippen LogP contribution in [0.1, 0.15) is 38.2 Å². The molecule has 24 heavy (non-hydrogen) atoms. The van der Waals surface area contributed by atoms with Gasteiger partial charge < -0.3 is 16.0 Å². The van der Waals surface area contributed by atoms with Gasteiger partial charge in [0.15, 0.2) is 0 Å². The van der Waals surface area contributed by atoms with Gasteiger partial charge in [0.1, 0.15) is 5.54 Å². The normalized spacial score (nSPS) is 21.1. The third-order valence-electron chi connectivity index (χ3n) is 4.84. The van der Waals surface area contributed by atoms with E-state index in [2.05, 4.69) is 26.1 Å². The number of piperidine rings is 1. The second kappa shape index (κ2) is 8.86. The summed E-state index contributed by atoms with van der Waals surface area (Å²) in [6.07, 6.45) is 4.75. The third-order valence-corrected chi connectivity index (χ3v) is 5.37. The Morgan fingerprint density at radius 1 is 1.17 bits per heavy atom. The van der Waals surface area contributed by atoms with Crippen molar-refractivity contribution in [2.75, 3.05) is 13.1 Å². The van der Waals surface area contributed by atoms with E-state index in [1.54, 1.807) is 6.92 Å². The lowest BCUT2D eigenvalue weighted by Crippen LogP contribution is -2.54. The summed E-state index contributed by atoms with van der Waals surface area (Å²) in [7, 11) is 0. The number of halogens is 3. The smallest absolute Gasteiger partial charge is 0.244 e. The van der Waals surface area contributed by atoms with Gasteiger partial charge in [-0.15, -0.1) is 24.8 Å². The van der Waals surface area contributed by atoms with Gasteiger partial charge in [-0.25, -0.2) is 0 Å². The predicted octanol–water partition coefficient (Wildman–Crippen LogP) is 3.21. The monoisotopic (exact) mass is 437 g/mol. The minimum Gasteiger partial charge on any atom is -0.351 e. The molecule has 3 rings (SSSR count). The maximum Gasteiger partial charge on any atom is 0.244 e. The molecule has 1 aromatic rings. The van der Waals surface area contributed by atoms with Crippen molar-refractivity contribution in [2.24, 2.45) is 5.73 Å². The van der Waals surface area contributed by atoms with Crippen LogP contribution in [0.3, 0.4) is 0 Å². The van der Waals surface area contributed by atoms with Gasteiger partial charge in [-0.2, -0.15) is 0 Å². The predicted molar refractivity (Wildman–Crippen MR) is 106 cm³/mol. The van der Waals surface area contributed by atoms with Crippen LogP contribution in [0.5, 0.6) is 0 Å². The van der Waals surface area contributed by atoms with Crippen LogP contribution in [-0.4, -0.2) is 36.0 Å². The van der Waals surface area contributed by atoms with Crippen LogP contribution in [0.2, 0.25) is 0 Å². The van der Waals surface area contributed by atoms with E-state index >= 15 is 0 Å². The van der Waals surface area contributed by atoms with E-state index in [0.29, 0.717) is 0 Å². The summed E-state index contributed by atoms with van der Waals surface area (Å²) >= 11 is 3.41. The number of benzene rings is 1. The molecule has 1 saturated carbocycles. The van der Waals surface area contributed by atoms with E-state index in [0.717, 1.165) is 42.0 Å². The third kappa shape index (κ3) is 5.09. The molecule has 1 aromatic carbocycles. The van der Waals surface area contributed by atoms with E-state index in [1.807, 2.05) is 24.3 Å². The minimum absolute atomic E-state index is 0. The number of nitrogens with one attached hydrogen (secondary N) is 1. The first-order valence-electron chi connectivity index (χ1n) is 8.07. The zero-order valence-corrected chi connectivity index (χ0v) is 17.1. The highest BCUT2D eigenvalue weighted by Crippen LogP contribution is 2.29. The van der Waals surface area contributed by atoms with Crippen LogP contribution in [0.15, 0.2) is 28.7 Å². The number of hydrogen-bond acceptors (Lipinski definition) is 3. The number of rotatable bonds is 4. The Kier molecular flexibility index (Phi) is 8.01. The fourth-order valence-electron chi connectivity index (χ4n) is 3.11. The molecule has 0 radical (unpaired) electrons. The lowest BCUT2D eigenvalue weighted by Gasteiger charge is -2.34. The summed E-state index contributed by atoms with van der Waals surface area (Å²) in [4.78, 5) is 15.1. The lowest BCUT2D eigenvalue weighted by molar-refractivity contribution is -0.127. The molecule has 1 aliphatic heterocycles. The Balaban J connectivity index is 0.00000144. The highest BCUT2D eigenvalue weighted by molar-refractivity contribution is 9.10. The molecule has 3 N–H and O–H groups in total. The Bertz CT molecular complexity index is 541. The van der Waals surface area contributed by atoms with Gasteiger partial charge in [0.2, 0.25) is 5.91 Å². The molecule has 4 nitrogen and oxygen atoms in total. The van der Waals surface area contributed by atoms with Crippen molar-refractivity contribution in [3.8, 4) is 0 Å². The van der Waals surface area contributed by atoms with Gasteiger partial charge in [0.25, 0.3) is 0 Å². The van der Waals surface area contributed by atoms with Crippen molar-refractivity contribution in [3.05, 3.63) is 34.3 Å². The molecule has 0 bridgehead atoms. The van der Waals surface area contributed by atoms with Crippen molar-refractivity contribution in [3.63, 3.8) is 0 Å². The molecule has 136 valence electrons. The minimum atomic E-state index is -0.992. The fraction of sp³-hybridized carbons (Fsp3) is 0.588. The zero-order valence-electron chi connectivity index (χ0n) is 13.8. The number of carbonyl (C=O) groups is 1. The van der Waals surface area contributed by atoms with Gasteiger partial charge in [0, 0.05) is 29.6 Å². The summed E-state index contributed by atoms with van der Waals surface area (Å²) < 4.78 is 0.986. The number of nitrogens with two attached hydrogens (primary N) is 1. The van der Waals surface area contributed by atoms with Crippen molar-refractivity contribution in [1.29, 1.82) is 0 Å². The topological polar surface area (TPSA) is 58.4 Å². The van der Waals surface area contributed by atoms with Crippen LogP contribution in [0.25, 0.3) is 0 Å². The van der Waals surface area contributed by atoms with Crippen LogP contribution < -0.4 is 11.1 Å². The largest absolute Gasteiger partial charge is 0.351 e. The molecular formula is C17H26BrCl2N3O. The molecule has 1 amide bonds. The second-order valence-corrected chi connectivity index (χ2v) is 7.64. The van der Waals surface area contributed by atoms with Crippen LogP contribution in [0, 0.1) is 0 Å². The van der Waals surface area contributed by atoms with Gasteiger partial charge >= 0.3 is 0 Å². The first-order chi connectivity index (χ1) is 10.5. The number of carbonyl (C=O) groups excluding carboxylic acids is 1. The number of amides is 1. The maximum absolute atomic E-state index is 12.6. The molecule has 2 aliphatic rings. The van der Waals surface area contributed by atoms with Crippen molar-refractivity contribution >= 4 is 46.7 Å². The Morgan fingerprint density at radius 3 is 2.21 bits per heavy atom. The number of nitrogens with zero attached hydrogens (tertiary/aromatic N) is 1. The van der Waals surface area contributed by atoms with Crippen molar-refractivity contribution in [1.82, 2.24) is 10.2 Å². The molecule has 2 fully saturated rings. The molecule has 7 heteroatoms. The zero-order chi connectivity index (χ0) is 15.7. The number of likely N-dealkylation sites (tertiary alicyclic amines) is 1. The molecule has 1 atom stereocenters. The molecule has 1 aliphatic carbocycles. The van der Waals surface area contributed by atoms with E-state index in [9.17, 15) is 4.79 Å². The highest BCUT2D eigenvalue weighted by atomic mass is 79.9. The number of hydrogen-bond donors (Lipinski definition) is 2. The Labute approximate surface area is 164 Å². The van der Waals surface area contributed by atoms with Gasteiger partial charge in [0.05, 0.1) is 0 Å². The van der Waals surface area contributed by atoms with E-state index in [4.69, 9.17) is 5.73 Å². The molecular weight excluding hydrogens is 413 g/mol. The standard InChI is InChI=1S/C17H24BrN3O.2ClH/c1-17(19,12-2-4-13(18)5-3-12)16(22)20-14-8-10-21(11-9-14)15-6-7-15;;/h2-5,14-15H,6-11,19H2,1H3,(H,20,22);2*1H. The average molecular weight is 439 g/mol. The summed E-state index contributed by atoms with van der Waals surface area (Å²) in [5.74, 6) is -0.0836. The summed E-state index contributed by atoms with van der Waals surface area (Å²) in [5.41, 5.74) is 6.14. The van der Waals surface area contributed by atoms with E-state index < -0.39 is 5.54 Å². The van der Waals surface area contributed by atoms with E-state index in [-0.39, 0.29) is 36.8 Å². The molecule has 0 spiro atoms. The SMILES string of the molecule is CC(N)(C(=O)NC1CCN(C2CC2)CC1)c1ccc(Br)cc1.Cl.Cl. The second-order valence-electron chi connectivity index (χ2n) is 6.72. The first kappa shape index (κ1) is 21.7. The van der Waals surface area contributed by atoms with Crippen LogP contribution >= 0.6 is 40.7 Å². The molecule has 1 unspecified atom stereocenters. The summed E-state index contributed by atoms with van der Waals surface area (Å²) in [5, 5.41) is 3.15. The van der Waals surface area contributed by atoms with E-state index in [1.165, 1.54) is 12.8 Å². The fourth-order valence-corrected chi connectivity index (χ4v) is 3.38. The highest BCUT2D eigenvalue weighted by Gasteiger charge is 2.35. The molecule has 1 saturated heterocycles. The molecule has 1 heterocycles. The Morgan fingerprint density at radius 2 is 1.71 bits per heavy atom. The molecule has 0 aromatic heterocycles. The lowest BCUT2D eigenvalue weighted by atomic mass is 9.91. The van der Waals surface area contributed by atoms with Gasteiger partial charge in [-0.1, -0.05) is 28.1 Å². The maximum atomic E-state index is 12.6. The summed E-state index contributed by atoms with van der Waals surface area (Å²) in [6.45, 7) is 3.97. The van der Waals surface area contributed by atoms with Crippen LogP contribution in [-0.2, 0) is 10.3 Å². The Hall–Kier alpha value is -0.330. The quantitative estimate of drug-likeness (QED) is 0.758. The van der Waals surface area contributed by atoms with Crippen LogP contribution in [0.4, 0.5) is 0 Å².